The van der Waals surface area contributed by atoms with E-state index >= 15 is 0 Å². The third-order valence-electron chi connectivity index (χ3n) is 2.74. The van der Waals surface area contributed by atoms with Crippen LogP contribution in [0.3, 0.4) is 0 Å². The zero-order chi connectivity index (χ0) is 8.97. The van der Waals surface area contributed by atoms with E-state index in [1.165, 1.54) is 12.8 Å². The van der Waals surface area contributed by atoms with Gasteiger partial charge in [0.15, 0.2) is 0 Å². The minimum absolute atomic E-state index is 0.538. The van der Waals surface area contributed by atoms with Gasteiger partial charge >= 0.3 is 0 Å². The molecule has 0 bridgehead atoms. The Morgan fingerprint density at radius 2 is 1.92 bits per heavy atom. The minimum atomic E-state index is -2.21. The maximum Gasteiger partial charge on any atom is 0.253 e. The van der Waals surface area contributed by atoms with Gasteiger partial charge in [-0.25, -0.2) is 8.78 Å². The first-order valence-electron chi connectivity index (χ1n) is 4.69. The van der Waals surface area contributed by atoms with E-state index in [2.05, 4.69) is 5.32 Å². The Hall–Kier alpha value is -0.180. The van der Waals surface area contributed by atoms with Crippen LogP contribution >= 0.6 is 0 Å². The van der Waals surface area contributed by atoms with Crippen molar-refractivity contribution in [3.63, 3.8) is 0 Å². The number of nitrogens with one attached hydrogen (secondary N) is 1. The van der Waals surface area contributed by atoms with Gasteiger partial charge in [0.25, 0.3) is 6.43 Å². The summed E-state index contributed by atoms with van der Waals surface area (Å²) in [5.41, 5.74) is 0. The van der Waals surface area contributed by atoms with Gasteiger partial charge in [-0.3, -0.25) is 0 Å². The van der Waals surface area contributed by atoms with Gasteiger partial charge < -0.3 is 5.32 Å². The molecule has 1 rings (SSSR count). The van der Waals surface area contributed by atoms with Crippen LogP contribution in [0.2, 0.25) is 0 Å². The van der Waals surface area contributed by atoms with Crippen LogP contribution in [0.15, 0.2) is 0 Å². The van der Waals surface area contributed by atoms with Crippen molar-refractivity contribution in [2.75, 3.05) is 7.05 Å². The van der Waals surface area contributed by atoms with E-state index in [-0.39, 0.29) is 0 Å². The van der Waals surface area contributed by atoms with Gasteiger partial charge in [0.1, 0.15) is 0 Å². The van der Waals surface area contributed by atoms with E-state index in [0.717, 1.165) is 12.8 Å². The summed E-state index contributed by atoms with van der Waals surface area (Å²) < 4.78 is 24.6. The second-order valence-corrected chi connectivity index (χ2v) is 3.62. The molecule has 1 fully saturated rings. The van der Waals surface area contributed by atoms with Crippen molar-refractivity contribution in [1.29, 1.82) is 0 Å². The van der Waals surface area contributed by atoms with Crippen molar-refractivity contribution in [1.82, 2.24) is 5.32 Å². The molecular weight excluding hydrogens is 160 g/mol. The largest absolute Gasteiger partial charge is 0.312 e. The molecule has 1 nitrogen and oxygen atoms in total. The van der Waals surface area contributed by atoms with Gasteiger partial charge in [-0.1, -0.05) is 25.7 Å². The summed E-state index contributed by atoms with van der Waals surface area (Å²) >= 11 is 0. The molecule has 0 aromatic carbocycles. The summed E-state index contributed by atoms with van der Waals surface area (Å²) in [6.07, 6.45) is 3.18. The quantitative estimate of drug-likeness (QED) is 0.695. The van der Waals surface area contributed by atoms with Crippen molar-refractivity contribution >= 4 is 0 Å². The van der Waals surface area contributed by atoms with Crippen LogP contribution in [0.4, 0.5) is 8.78 Å². The molecule has 1 aliphatic carbocycles. The Balaban J connectivity index is 2.26. The zero-order valence-electron chi connectivity index (χ0n) is 7.52. The first-order valence-corrected chi connectivity index (χ1v) is 4.69. The summed E-state index contributed by atoms with van der Waals surface area (Å²) in [6.45, 7) is 0. The third kappa shape index (κ3) is 2.70. The average Bonchev–Trinajstić information content (AvgIpc) is 2.51. The number of hydrogen-bond acceptors (Lipinski definition) is 1. The van der Waals surface area contributed by atoms with E-state index in [9.17, 15) is 8.78 Å². The highest BCUT2D eigenvalue weighted by molar-refractivity contribution is 4.76. The van der Waals surface area contributed by atoms with E-state index in [1.807, 2.05) is 0 Å². The lowest BCUT2D eigenvalue weighted by Crippen LogP contribution is -2.34. The maximum atomic E-state index is 12.3. The number of alkyl halides is 2. The molecule has 0 saturated heterocycles. The molecule has 0 aromatic rings. The van der Waals surface area contributed by atoms with Crippen molar-refractivity contribution in [3.05, 3.63) is 0 Å². The maximum absolute atomic E-state index is 12.3. The molecule has 1 saturated carbocycles. The molecule has 1 aliphatic rings. The first-order chi connectivity index (χ1) is 5.74. The lowest BCUT2D eigenvalue weighted by Gasteiger charge is -2.18. The molecular formula is C9H17F2N. The monoisotopic (exact) mass is 177 g/mol. The van der Waals surface area contributed by atoms with Gasteiger partial charge in [-0.15, -0.1) is 0 Å². The van der Waals surface area contributed by atoms with Crippen LogP contribution in [0.1, 0.15) is 32.1 Å². The fourth-order valence-electron chi connectivity index (χ4n) is 1.95. The fourth-order valence-corrected chi connectivity index (χ4v) is 1.95. The fraction of sp³-hybridized carbons (Fsp3) is 1.00. The van der Waals surface area contributed by atoms with Crippen molar-refractivity contribution in [3.8, 4) is 0 Å². The molecule has 1 atom stereocenters. The Morgan fingerprint density at radius 1 is 1.33 bits per heavy atom. The Bertz CT molecular complexity index is 122. The van der Waals surface area contributed by atoms with Gasteiger partial charge in [0.05, 0.1) is 6.04 Å². The summed E-state index contributed by atoms with van der Waals surface area (Å²) in [5, 5.41) is 2.68. The second-order valence-electron chi connectivity index (χ2n) is 3.62. The van der Waals surface area contributed by atoms with Crippen molar-refractivity contribution in [2.45, 2.75) is 44.6 Å². The highest BCUT2D eigenvalue weighted by atomic mass is 19.3. The Kier molecular flexibility index (Phi) is 3.92. The zero-order valence-corrected chi connectivity index (χ0v) is 7.52. The predicted octanol–water partition coefficient (Wildman–Crippen LogP) is 2.42. The van der Waals surface area contributed by atoms with Crippen LogP contribution in [-0.2, 0) is 0 Å². The smallest absolute Gasteiger partial charge is 0.253 e. The molecule has 1 N–H and O–H groups in total. The van der Waals surface area contributed by atoms with Gasteiger partial charge in [0, 0.05) is 0 Å². The van der Waals surface area contributed by atoms with Gasteiger partial charge in [-0.2, -0.15) is 0 Å². The Labute approximate surface area is 72.5 Å². The second kappa shape index (κ2) is 4.75. The van der Waals surface area contributed by atoms with Gasteiger partial charge in [-0.05, 0) is 19.4 Å². The highest BCUT2D eigenvalue weighted by Gasteiger charge is 2.24. The van der Waals surface area contributed by atoms with E-state index in [0.29, 0.717) is 12.3 Å². The predicted molar refractivity (Wildman–Crippen MR) is 45.4 cm³/mol. The molecule has 0 amide bonds. The minimum Gasteiger partial charge on any atom is -0.312 e. The normalized spacial score (nSPS) is 22.0. The number of halogens is 2. The van der Waals surface area contributed by atoms with Gasteiger partial charge in [0.2, 0.25) is 0 Å². The molecule has 0 spiro atoms. The molecule has 12 heavy (non-hydrogen) atoms. The summed E-state index contributed by atoms with van der Waals surface area (Å²) in [4.78, 5) is 0. The van der Waals surface area contributed by atoms with E-state index in [4.69, 9.17) is 0 Å². The number of hydrogen-bond donors (Lipinski definition) is 1. The SMILES string of the molecule is CNC(CC1CCCC1)C(F)F. The summed E-state index contributed by atoms with van der Waals surface area (Å²) in [5.74, 6) is 0.538. The summed E-state index contributed by atoms with van der Waals surface area (Å²) in [6, 6.07) is -0.590. The molecule has 0 radical (unpaired) electrons. The van der Waals surface area contributed by atoms with Crippen LogP contribution in [0.5, 0.6) is 0 Å². The Morgan fingerprint density at radius 3 is 2.33 bits per heavy atom. The van der Waals surface area contributed by atoms with E-state index in [1.54, 1.807) is 7.05 Å². The standard InChI is InChI=1S/C9H17F2N/c1-12-8(9(10)11)6-7-4-2-3-5-7/h7-9,12H,2-6H2,1H3. The van der Waals surface area contributed by atoms with Crippen molar-refractivity contribution in [2.24, 2.45) is 5.92 Å². The lowest BCUT2D eigenvalue weighted by atomic mass is 9.99. The highest BCUT2D eigenvalue weighted by Crippen LogP contribution is 2.29. The van der Waals surface area contributed by atoms with Crippen LogP contribution in [0, 0.1) is 5.92 Å². The van der Waals surface area contributed by atoms with E-state index < -0.39 is 12.5 Å². The van der Waals surface area contributed by atoms with Crippen LogP contribution in [0.25, 0.3) is 0 Å². The van der Waals surface area contributed by atoms with Crippen LogP contribution < -0.4 is 5.32 Å². The third-order valence-corrected chi connectivity index (χ3v) is 2.74. The van der Waals surface area contributed by atoms with Crippen molar-refractivity contribution < 1.29 is 8.78 Å². The number of rotatable bonds is 4. The molecule has 0 heterocycles. The molecule has 0 aliphatic heterocycles. The topological polar surface area (TPSA) is 12.0 Å². The molecule has 72 valence electrons. The molecule has 0 aromatic heterocycles. The first kappa shape index (κ1) is 9.90. The lowest BCUT2D eigenvalue weighted by molar-refractivity contribution is 0.0897. The molecule has 3 heteroatoms. The average molecular weight is 177 g/mol. The molecule has 1 unspecified atom stereocenters. The summed E-state index contributed by atoms with van der Waals surface area (Å²) in [7, 11) is 1.62. The van der Waals surface area contributed by atoms with Crippen LogP contribution in [-0.4, -0.2) is 19.5 Å².